The van der Waals surface area contributed by atoms with Gasteiger partial charge in [-0.15, -0.1) is 11.3 Å². The van der Waals surface area contributed by atoms with E-state index in [9.17, 15) is 9.59 Å². The third-order valence-corrected chi connectivity index (χ3v) is 4.26. The molecular formula is C16H18ClN3O2S. The summed E-state index contributed by atoms with van der Waals surface area (Å²) in [5.74, 6) is -0.283. The molecule has 0 aliphatic rings. The lowest BCUT2D eigenvalue weighted by atomic mass is 10.2. The number of anilines is 2. The first-order valence-corrected chi connectivity index (χ1v) is 8.35. The molecule has 1 atom stereocenters. The van der Waals surface area contributed by atoms with Gasteiger partial charge in [0.05, 0.1) is 17.3 Å². The number of carbonyl (C=O) groups is 2. The highest BCUT2D eigenvalue weighted by Gasteiger charge is 2.13. The third-order valence-electron chi connectivity index (χ3n) is 3.07. The molecule has 0 bridgehead atoms. The molecule has 2 rings (SSSR count). The molecule has 7 heteroatoms. The number of carbonyl (C=O) groups excluding carboxylic acids is 2. The highest BCUT2D eigenvalue weighted by atomic mass is 35.5. The van der Waals surface area contributed by atoms with Crippen LogP contribution in [0.4, 0.5) is 11.4 Å². The second-order valence-corrected chi connectivity index (χ2v) is 6.48. The normalized spacial score (nSPS) is 11.6. The van der Waals surface area contributed by atoms with Gasteiger partial charge in [0, 0.05) is 17.5 Å². The summed E-state index contributed by atoms with van der Waals surface area (Å²) in [7, 11) is 0. The van der Waals surface area contributed by atoms with E-state index in [0.29, 0.717) is 22.9 Å². The first-order chi connectivity index (χ1) is 11.0. The fourth-order valence-electron chi connectivity index (χ4n) is 1.95. The molecule has 1 heterocycles. The number of nitrogens with one attached hydrogen (secondary N) is 3. The van der Waals surface area contributed by atoms with Crippen molar-refractivity contribution in [3.05, 3.63) is 45.6 Å². The molecule has 5 nitrogen and oxygen atoms in total. The zero-order valence-corrected chi connectivity index (χ0v) is 14.4. The van der Waals surface area contributed by atoms with E-state index in [1.54, 1.807) is 36.5 Å². The lowest BCUT2D eigenvalue weighted by molar-refractivity contribution is -0.121. The molecule has 1 unspecified atom stereocenters. The predicted molar refractivity (Wildman–Crippen MR) is 95.0 cm³/mol. The number of thiophene rings is 1. The van der Waals surface area contributed by atoms with Crippen LogP contribution in [0.1, 0.15) is 18.7 Å². The largest absolute Gasteiger partial charge is 0.374 e. The maximum absolute atomic E-state index is 12.1. The van der Waals surface area contributed by atoms with Gasteiger partial charge >= 0.3 is 0 Å². The Morgan fingerprint density at radius 1 is 1.30 bits per heavy atom. The van der Waals surface area contributed by atoms with Gasteiger partial charge in [-0.25, -0.2) is 0 Å². The first-order valence-electron chi connectivity index (χ1n) is 7.09. The second-order valence-electron chi connectivity index (χ2n) is 5.04. The van der Waals surface area contributed by atoms with Gasteiger partial charge in [0.2, 0.25) is 11.8 Å². The molecule has 0 spiro atoms. The second kappa shape index (κ2) is 7.99. The van der Waals surface area contributed by atoms with Gasteiger partial charge in [-0.1, -0.05) is 17.7 Å². The summed E-state index contributed by atoms with van der Waals surface area (Å²) in [5.41, 5.74) is 1.25. The Morgan fingerprint density at radius 2 is 2.09 bits per heavy atom. The van der Waals surface area contributed by atoms with Gasteiger partial charge in [0.25, 0.3) is 0 Å². The van der Waals surface area contributed by atoms with E-state index in [0.717, 1.165) is 4.88 Å². The standard InChI is InChI=1S/C16H18ClN3O2S/c1-10(16(22)18-9-13-4-3-7-23-13)19-12-5-6-15(14(17)8-12)20-11(2)21/h3-8,10,19H,9H2,1-2H3,(H,18,22)(H,20,21). The Balaban J connectivity index is 1.91. The number of hydrogen-bond acceptors (Lipinski definition) is 4. The summed E-state index contributed by atoms with van der Waals surface area (Å²) in [6, 6.07) is 8.66. The summed E-state index contributed by atoms with van der Waals surface area (Å²) < 4.78 is 0. The SMILES string of the molecule is CC(=O)Nc1ccc(NC(C)C(=O)NCc2cccs2)cc1Cl. The van der Waals surface area contributed by atoms with Gasteiger partial charge in [0.15, 0.2) is 0 Å². The molecule has 2 aromatic rings. The van der Waals surface area contributed by atoms with Crippen molar-refractivity contribution < 1.29 is 9.59 Å². The van der Waals surface area contributed by atoms with Crippen LogP contribution in [0.25, 0.3) is 0 Å². The van der Waals surface area contributed by atoms with Gasteiger partial charge in [-0.2, -0.15) is 0 Å². The van der Waals surface area contributed by atoms with Crippen LogP contribution in [0.5, 0.6) is 0 Å². The Morgan fingerprint density at radius 3 is 2.70 bits per heavy atom. The molecule has 0 radical (unpaired) electrons. The van der Waals surface area contributed by atoms with E-state index in [-0.39, 0.29) is 11.8 Å². The first kappa shape index (κ1) is 17.3. The van der Waals surface area contributed by atoms with Crippen LogP contribution in [-0.2, 0) is 16.1 Å². The van der Waals surface area contributed by atoms with E-state index in [4.69, 9.17) is 11.6 Å². The molecule has 1 aromatic carbocycles. The molecule has 2 amide bonds. The monoisotopic (exact) mass is 351 g/mol. The van der Waals surface area contributed by atoms with Crippen molar-refractivity contribution in [1.82, 2.24) is 5.32 Å². The quantitative estimate of drug-likeness (QED) is 0.746. The molecule has 0 fully saturated rings. The van der Waals surface area contributed by atoms with E-state index >= 15 is 0 Å². The summed E-state index contributed by atoms with van der Waals surface area (Å²) in [5, 5.41) is 11.0. The van der Waals surface area contributed by atoms with Crippen LogP contribution in [0.15, 0.2) is 35.7 Å². The predicted octanol–water partition coefficient (Wildman–Crippen LogP) is 3.48. The number of hydrogen-bond donors (Lipinski definition) is 3. The maximum atomic E-state index is 12.1. The van der Waals surface area contributed by atoms with Crippen molar-refractivity contribution in [3.63, 3.8) is 0 Å². The average molecular weight is 352 g/mol. The van der Waals surface area contributed by atoms with Crippen molar-refractivity contribution in [2.24, 2.45) is 0 Å². The van der Waals surface area contributed by atoms with E-state index < -0.39 is 6.04 Å². The van der Waals surface area contributed by atoms with Crippen LogP contribution in [0, 0.1) is 0 Å². The topological polar surface area (TPSA) is 70.2 Å². The minimum atomic E-state index is -0.405. The minimum Gasteiger partial charge on any atom is -0.374 e. The summed E-state index contributed by atoms with van der Waals surface area (Å²) >= 11 is 7.71. The lowest BCUT2D eigenvalue weighted by Gasteiger charge is -2.16. The van der Waals surface area contributed by atoms with Crippen LogP contribution in [0.2, 0.25) is 5.02 Å². The minimum absolute atomic E-state index is 0.0968. The van der Waals surface area contributed by atoms with Gasteiger partial charge < -0.3 is 16.0 Å². The number of halogens is 1. The Hall–Kier alpha value is -2.05. The third kappa shape index (κ3) is 5.26. The molecule has 0 aliphatic heterocycles. The van der Waals surface area contributed by atoms with Crippen LogP contribution in [-0.4, -0.2) is 17.9 Å². The molecule has 0 saturated carbocycles. The fourth-order valence-corrected chi connectivity index (χ4v) is 2.82. The number of amides is 2. The molecule has 1 aromatic heterocycles. The van der Waals surface area contributed by atoms with E-state index in [1.165, 1.54) is 6.92 Å². The summed E-state index contributed by atoms with van der Waals surface area (Å²) in [6.07, 6.45) is 0. The zero-order chi connectivity index (χ0) is 16.8. The molecule has 3 N–H and O–H groups in total. The van der Waals surface area contributed by atoms with Crippen molar-refractivity contribution in [1.29, 1.82) is 0 Å². The Bertz CT molecular complexity index is 689. The van der Waals surface area contributed by atoms with E-state index in [2.05, 4.69) is 16.0 Å². The maximum Gasteiger partial charge on any atom is 0.242 e. The van der Waals surface area contributed by atoms with Crippen molar-refractivity contribution in [2.45, 2.75) is 26.4 Å². The molecule has 0 saturated heterocycles. The smallest absolute Gasteiger partial charge is 0.242 e. The Labute approximate surface area is 144 Å². The van der Waals surface area contributed by atoms with Crippen LogP contribution < -0.4 is 16.0 Å². The molecule has 122 valence electrons. The van der Waals surface area contributed by atoms with Gasteiger partial charge in [0.1, 0.15) is 6.04 Å². The summed E-state index contributed by atoms with van der Waals surface area (Å²) in [6.45, 7) is 3.71. The van der Waals surface area contributed by atoms with Gasteiger partial charge in [-0.05, 0) is 36.6 Å². The number of benzene rings is 1. The highest BCUT2D eigenvalue weighted by Crippen LogP contribution is 2.25. The van der Waals surface area contributed by atoms with Crippen molar-refractivity contribution >= 4 is 46.1 Å². The van der Waals surface area contributed by atoms with Gasteiger partial charge in [-0.3, -0.25) is 9.59 Å². The zero-order valence-electron chi connectivity index (χ0n) is 12.9. The summed E-state index contributed by atoms with van der Waals surface area (Å²) in [4.78, 5) is 24.2. The average Bonchev–Trinajstić information content (AvgIpc) is 3.00. The van der Waals surface area contributed by atoms with Crippen molar-refractivity contribution in [3.8, 4) is 0 Å². The molecule has 0 aliphatic carbocycles. The van der Waals surface area contributed by atoms with Crippen LogP contribution >= 0.6 is 22.9 Å². The van der Waals surface area contributed by atoms with Crippen molar-refractivity contribution in [2.75, 3.05) is 10.6 Å². The highest BCUT2D eigenvalue weighted by molar-refractivity contribution is 7.09. The fraction of sp³-hybridized carbons (Fsp3) is 0.250. The van der Waals surface area contributed by atoms with E-state index in [1.807, 2.05) is 17.5 Å². The lowest BCUT2D eigenvalue weighted by Crippen LogP contribution is -2.37. The molecule has 23 heavy (non-hydrogen) atoms. The Kier molecular flexibility index (Phi) is 6.01. The molecular weight excluding hydrogens is 334 g/mol. The number of rotatable bonds is 6. The van der Waals surface area contributed by atoms with Crippen LogP contribution in [0.3, 0.4) is 0 Å².